The van der Waals surface area contributed by atoms with Crippen LogP contribution >= 0.6 is 12.4 Å². The van der Waals surface area contributed by atoms with Crippen LogP contribution in [0.25, 0.3) is 5.52 Å². The summed E-state index contributed by atoms with van der Waals surface area (Å²) >= 11 is 0. The van der Waals surface area contributed by atoms with Crippen molar-refractivity contribution in [2.24, 2.45) is 0 Å². The lowest BCUT2D eigenvalue weighted by Crippen LogP contribution is -2.47. The van der Waals surface area contributed by atoms with Crippen molar-refractivity contribution in [2.45, 2.75) is 25.6 Å². The average molecular weight is 343 g/mol. The van der Waals surface area contributed by atoms with Gasteiger partial charge in [0, 0.05) is 25.5 Å². The predicted molar refractivity (Wildman–Crippen MR) is 95.1 cm³/mol. The highest BCUT2D eigenvalue weighted by Gasteiger charge is 2.23. The number of carbonyl (C=O) groups excluding carboxylic acids is 1. The summed E-state index contributed by atoms with van der Waals surface area (Å²) in [5.41, 5.74) is 4.62. The van der Waals surface area contributed by atoms with Crippen LogP contribution in [-0.2, 0) is 24.3 Å². The van der Waals surface area contributed by atoms with Gasteiger partial charge in [0.05, 0.1) is 11.6 Å². The summed E-state index contributed by atoms with van der Waals surface area (Å²) in [5.74, 6) is 0.0426. The fraction of sp³-hybridized carbons (Fsp3) is 0.222. The summed E-state index contributed by atoms with van der Waals surface area (Å²) in [6.07, 6.45) is 4.40. The number of nitrogens with one attached hydrogen (secondary N) is 2. The maximum atomic E-state index is 12.5. The third kappa shape index (κ3) is 3.13. The van der Waals surface area contributed by atoms with Crippen molar-refractivity contribution in [3.8, 4) is 0 Å². The zero-order valence-electron chi connectivity index (χ0n) is 13.1. The molecule has 5 nitrogen and oxygen atoms in total. The standard InChI is InChI=1S/C18H18N4O.ClH/c23-18(16-10-13-4-1-2-5-14(13)11-19-16)20-12-15-6-3-9-22-17(15)7-8-21-22;/h1-9,16,19H,10-12H2,(H,20,23);1H/t16-;/m1./s1. The molecular formula is C18H19ClN4O. The Morgan fingerprint density at radius 3 is 2.92 bits per heavy atom. The molecule has 2 aromatic heterocycles. The van der Waals surface area contributed by atoms with E-state index in [2.05, 4.69) is 27.9 Å². The van der Waals surface area contributed by atoms with Crippen molar-refractivity contribution in [2.75, 3.05) is 0 Å². The molecule has 0 spiro atoms. The minimum absolute atomic E-state index is 0. The number of pyridine rings is 1. The van der Waals surface area contributed by atoms with Gasteiger partial charge in [0.2, 0.25) is 5.91 Å². The lowest BCUT2D eigenvalue weighted by Gasteiger charge is -2.25. The number of aromatic nitrogens is 2. The van der Waals surface area contributed by atoms with Gasteiger partial charge in [0.1, 0.15) is 0 Å². The van der Waals surface area contributed by atoms with Gasteiger partial charge in [-0.3, -0.25) is 4.79 Å². The quantitative estimate of drug-likeness (QED) is 0.766. The smallest absolute Gasteiger partial charge is 0.237 e. The van der Waals surface area contributed by atoms with Crippen molar-refractivity contribution in [3.05, 3.63) is 71.5 Å². The topological polar surface area (TPSA) is 58.4 Å². The minimum Gasteiger partial charge on any atom is -0.351 e. The van der Waals surface area contributed by atoms with E-state index in [0.29, 0.717) is 6.54 Å². The normalized spacial score (nSPS) is 16.2. The second-order valence-corrected chi connectivity index (χ2v) is 5.82. The Bertz CT molecular complexity index is 861. The average Bonchev–Trinajstić information content (AvgIpc) is 3.08. The van der Waals surface area contributed by atoms with Crippen molar-refractivity contribution < 1.29 is 4.79 Å². The summed E-state index contributed by atoms with van der Waals surface area (Å²) in [4.78, 5) is 12.5. The lowest BCUT2D eigenvalue weighted by atomic mass is 9.95. The van der Waals surface area contributed by atoms with Crippen LogP contribution in [0.3, 0.4) is 0 Å². The van der Waals surface area contributed by atoms with E-state index in [4.69, 9.17) is 0 Å². The van der Waals surface area contributed by atoms with Crippen molar-refractivity contribution >= 4 is 23.8 Å². The fourth-order valence-electron chi connectivity index (χ4n) is 3.11. The van der Waals surface area contributed by atoms with Gasteiger partial charge in [-0.25, -0.2) is 4.52 Å². The molecule has 0 saturated heterocycles. The molecule has 2 N–H and O–H groups in total. The first kappa shape index (κ1) is 16.5. The Morgan fingerprint density at radius 1 is 1.21 bits per heavy atom. The Morgan fingerprint density at radius 2 is 2.04 bits per heavy atom. The molecule has 1 amide bonds. The number of hydrogen-bond donors (Lipinski definition) is 2. The molecule has 1 atom stereocenters. The summed E-state index contributed by atoms with van der Waals surface area (Å²) < 4.78 is 1.82. The zero-order chi connectivity index (χ0) is 15.6. The molecule has 124 valence electrons. The van der Waals surface area contributed by atoms with Crippen LogP contribution in [0.2, 0.25) is 0 Å². The maximum Gasteiger partial charge on any atom is 0.237 e. The number of amides is 1. The molecule has 0 aliphatic carbocycles. The molecular weight excluding hydrogens is 324 g/mol. The van der Waals surface area contributed by atoms with Crippen LogP contribution in [0, 0.1) is 0 Å². The Kier molecular flexibility index (Phi) is 4.83. The summed E-state index contributed by atoms with van der Waals surface area (Å²) in [7, 11) is 0. The van der Waals surface area contributed by atoms with E-state index >= 15 is 0 Å². The summed E-state index contributed by atoms with van der Waals surface area (Å²) in [6.45, 7) is 1.25. The predicted octanol–water partition coefficient (Wildman–Crippen LogP) is 2.09. The fourth-order valence-corrected chi connectivity index (χ4v) is 3.11. The zero-order valence-corrected chi connectivity index (χ0v) is 13.9. The second-order valence-electron chi connectivity index (χ2n) is 5.82. The van der Waals surface area contributed by atoms with Gasteiger partial charge < -0.3 is 10.6 Å². The number of rotatable bonds is 3. The summed E-state index contributed by atoms with van der Waals surface area (Å²) in [6, 6.07) is 14.0. The van der Waals surface area contributed by atoms with Crippen LogP contribution in [0.1, 0.15) is 16.7 Å². The Balaban J connectivity index is 0.00000169. The largest absolute Gasteiger partial charge is 0.351 e. The Labute approximate surface area is 146 Å². The first-order valence-corrected chi connectivity index (χ1v) is 7.80. The van der Waals surface area contributed by atoms with Crippen molar-refractivity contribution in [1.29, 1.82) is 0 Å². The van der Waals surface area contributed by atoms with Gasteiger partial charge in [-0.1, -0.05) is 30.3 Å². The van der Waals surface area contributed by atoms with Gasteiger partial charge in [0.25, 0.3) is 0 Å². The highest BCUT2D eigenvalue weighted by Crippen LogP contribution is 2.16. The molecule has 4 rings (SSSR count). The highest BCUT2D eigenvalue weighted by atomic mass is 35.5. The van der Waals surface area contributed by atoms with Crippen LogP contribution < -0.4 is 10.6 Å². The van der Waals surface area contributed by atoms with E-state index < -0.39 is 0 Å². The number of nitrogens with zero attached hydrogens (tertiary/aromatic N) is 2. The molecule has 0 unspecified atom stereocenters. The number of carbonyl (C=O) groups is 1. The molecule has 0 saturated carbocycles. The number of halogens is 1. The maximum absolute atomic E-state index is 12.5. The van der Waals surface area contributed by atoms with E-state index in [1.54, 1.807) is 6.20 Å². The van der Waals surface area contributed by atoms with Crippen LogP contribution in [0.15, 0.2) is 54.9 Å². The first-order chi connectivity index (χ1) is 11.3. The van der Waals surface area contributed by atoms with Crippen LogP contribution in [-0.4, -0.2) is 21.6 Å². The van der Waals surface area contributed by atoms with E-state index in [9.17, 15) is 4.79 Å². The van der Waals surface area contributed by atoms with Gasteiger partial charge in [-0.15, -0.1) is 12.4 Å². The van der Waals surface area contributed by atoms with Gasteiger partial charge in [-0.05, 0) is 35.2 Å². The van der Waals surface area contributed by atoms with Crippen LogP contribution in [0.5, 0.6) is 0 Å². The molecule has 1 aliphatic rings. The van der Waals surface area contributed by atoms with Gasteiger partial charge in [-0.2, -0.15) is 5.10 Å². The number of benzene rings is 1. The van der Waals surface area contributed by atoms with E-state index in [0.717, 1.165) is 24.0 Å². The van der Waals surface area contributed by atoms with Crippen LogP contribution in [0.4, 0.5) is 0 Å². The molecule has 0 fully saturated rings. The molecule has 0 radical (unpaired) electrons. The third-order valence-corrected chi connectivity index (χ3v) is 4.37. The van der Waals surface area contributed by atoms with E-state index in [1.807, 2.05) is 41.0 Å². The second kappa shape index (κ2) is 7.03. The molecule has 0 bridgehead atoms. The third-order valence-electron chi connectivity index (χ3n) is 4.37. The minimum atomic E-state index is -0.172. The van der Waals surface area contributed by atoms with E-state index in [1.165, 1.54) is 11.1 Å². The number of fused-ring (bicyclic) bond motifs is 2. The van der Waals surface area contributed by atoms with Crippen molar-refractivity contribution in [1.82, 2.24) is 20.2 Å². The SMILES string of the molecule is Cl.O=C(NCc1cccn2nccc12)[C@H]1Cc2ccccc2CN1. The van der Waals surface area contributed by atoms with Crippen molar-refractivity contribution in [3.63, 3.8) is 0 Å². The Hall–Kier alpha value is -2.37. The molecule has 6 heteroatoms. The molecule has 3 heterocycles. The summed E-state index contributed by atoms with van der Waals surface area (Å²) in [5, 5.41) is 10.6. The lowest BCUT2D eigenvalue weighted by molar-refractivity contribution is -0.123. The van der Waals surface area contributed by atoms with E-state index in [-0.39, 0.29) is 24.4 Å². The number of hydrogen-bond acceptors (Lipinski definition) is 3. The monoisotopic (exact) mass is 342 g/mol. The molecule has 3 aromatic rings. The molecule has 1 aromatic carbocycles. The van der Waals surface area contributed by atoms with Gasteiger partial charge in [0.15, 0.2) is 0 Å². The first-order valence-electron chi connectivity index (χ1n) is 7.80. The van der Waals surface area contributed by atoms with Gasteiger partial charge >= 0.3 is 0 Å². The molecule has 24 heavy (non-hydrogen) atoms. The molecule has 1 aliphatic heterocycles. The highest BCUT2D eigenvalue weighted by molar-refractivity contribution is 5.85.